The molecule has 1 aromatic heterocycles. The quantitative estimate of drug-likeness (QED) is 0.914. The molecule has 0 aliphatic rings. The van der Waals surface area contributed by atoms with Gasteiger partial charge in [-0.15, -0.1) is 0 Å². The van der Waals surface area contributed by atoms with Crippen molar-refractivity contribution in [2.24, 2.45) is 0 Å². The second kappa shape index (κ2) is 6.57. The molecule has 20 heavy (non-hydrogen) atoms. The van der Waals surface area contributed by atoms with Crippen LogP contribution >= 0.6 is 13.5 Å². The van der Waals surface area contributed by atoms with E-state index >= 15 is 0 Å². The molecule has 0 fully saturated rings. The van der Waals surface area contributed by atoms with Gasteiger partial charge in [-0.2, -0.15) is 13.5 Å². The number of fused-ring (bicyclic) bond motifs is 1. The number of para-hydroxylation sites is 1. The second-order valence-electron chi connectivity index (χ2n) is 6.02. The first kappa shape index (κ1) is 17.0. The average molecular weight is 292 g/mol. The van der Waals surface area contributed by atoms with Crippen LogP contribution in [-0.2, 0) is 0 Å². The molecule has 1 aromatic carbocycles. The second-order valence-corrected chi connectivity index (χ2v) is 6.02. The molecule has 4 heteroatoms. The third-order valence-electron chi connectivity index (χ3n) is 3.20. The van der Waals surface area contributed by atoms with Gasteiger partial charge in [0.1, 0.15) is 0 Å². The van der Waals surface area contributed by atoms with Gasteiger partial charge >= 0.3 is 0 Å². The van der Waals surface area contributed by atoms with Crippen molar-refractivity contribution in [1.82, 2.24) is 10.3 Å². The highest BCUT2D eigenvalue weighted by atomic mass is 32.1. The Morgan fingerprint density at radius 3 is 2.60 bits per heavy atom. The Kier molecular flexibility index (Phi) is 5.57. The normalized spacial score (nSPS) is 13.1. The molecule has 110 valence electrons. The standard InChI is InChI=1S/C16H22N2O.H2S/c1-11-8-9-17-15-12(11)6-5-7-13(15)14(19)10-18-16(2,3)4;/h5-9,14,18-19H,10H2,1-4H3;1H2/t14-;/m1./s1. The van der Waals surface area contributed by atoms with E-state index in [-0.39, 0.29) is 19.0 Å². The van der Waals surface area contributed by atoms with Crippen molar-refractivity contribution in [2.45, 2.75) is 39.3 Å². The molecule has 1 heterocycles. The zero-order valence-corrected chi connectivity index (χ0v) is 13.6. The Balaban J connectivity index is 0.00000200. The van der Waals surface area contributed by atoms with E-state index in [1.54, 1.807) is 6.20 Å². The Hall–Kier alpha value is -1.10. The molecular formula is C16H24N2OS. The minimum Gasteiger partial charge on any atom is -0.387 e. The minimum absolute atomic E-state index is 0. The number of β-amino-alcohol motifs (C(OH)–C–C–N with tert-alkyl or cyclic N) is 1. The van der Waals surface area contributed by atoms with Crippen molar-refractivity contribution < 1.29 is 5.11 Å². The van der Waals surface area contributed by atoms with E-state index in [4.69, 9.17) is 0 Å². The fourth-order valence-corrected chi connectivity index (χ4v) is 2.12. The van der Waals surface area contributed by atoms with Gasteiger partial charge in [0, 0.05) is 29.2 Å². The smallest absolute Gasteiger partial charge is 0.0935 e. The van der Waals surface area contributed by atoms with Crippen LogP contribution in [0.3, 0.4) is 0 Å². The summed E-state index contributed by atoms with van der Waals surface area (Å²) in [7, 11) is 0. The van der Waals surface area contributed by atoms with Crippen LogP contribution in [0.4, 0.5) is 0 Å². The summed E-state index contributed by atoms with van der Waals surface area (Å²) in [6, 6.07) is 7.97. The molecule has 0 bridgehead atoms. The summed E-state index contributed by atoms with van der Waals surface area (Å²) in [4.78, 5) is 4.42. The van der Waals surface area contributed by atoms with Crippen molar-refractivity contribution >= 4 is 24.4 Å². The molecule has 1 atom stereocenters. The highest BCUT2D eigenvalue weighted by Crippen LogP contribution is 2.24. The van der Waals surface area contributed by atoms with Gasteiger partial charge < -0.3 is 10.4 Å². The number of benzene rings is 1. The van der Waals surface area contributed by atoms with E-state index < -0.39 is 6.10 Å². The Morgan fingerprint density at radius 1 is 1.25 bits per heavy atom. The molecule has 0 unspecified atom stereocenters. The van der Waals surface area contributed by atoms with E-state index in [9.17, 15) is 5.11 Å². The molecule has 0 spiro atoms. The van der Waals surface area contributed by atoms with Crippen LogP contribution in [0.15, 0.2) is 30.5 Å². The predicted molar refractivity (Wildman–Crippen MR) is 89.6 cm³/mol. The highest BCUT2D eigenvalue weighted by molar-refractivity contribution is 7.59. The van der Waals surface area contributed by atoms with Crippen LogP contribution in [0.2, 0.25) is 0 Å². The van der Waals surface area contributed by atoms with Crippen molar-refractivity contribution in [2.75, 3.05) is 6.54 Å². The number of pyridine rings is 1. The lowest BCUT2D eigenvalue weighted by molar-refractivity contribution is 0.164. The molecule has 2 rings (SSSR count). The summed E-state index contributed by atoms with van der Waals surface area (Å²) in [5.41, 5.74) is 2.96. The fraction of sp³-hybridized carbons (Fsp3) is 0.438. The Labute approximate surface area is 127 Å². The number of nitrogens with zero attached hydrogens (tertiary/aromatic N) is 1. The number of aryl methyl sites for hydroxylation is 1. The number of aliphatic hydroxyl groups excluding tert-OH is 1. The summed E-state index contributed by atoms with van der Waals surface area (Å²) in [5.74, 6) is 0. The van der Waals surface area contributed by atoms with Crippen LogP contribution in [0, 0.1) is 6.92 Å². The lowest BCUT2D eigenvalue weighted by Crippen LogP contribution is -2.38. The average Bonchev–Trinajstić information content (AvgIpc) is 2.35. The van der Waals surface area contributed by atoms with Gasteiger partial charge in [0.05, 0.1) is 11.6 Å². The maximum atomic E-state index is 10.4. The third-order valence-corrected chi connectivity index (χ3v) is 3.20. The first-order chi connectivity index (χ1) is 8.88. The van der Waals surface area contributed by atoms with E-state index in [2.05, 4.69) is 38.0 Å². The zero-order chi connectivity index (χ0) is 14.0. The van der Waals surface area contributed by atoms with E-state index in [0.29, 0.717) is 6.54 Å². The van der Waals surface area contributed by atoms with Gasteiger partial charge in [-0.1, -0.05) is 18.2 Å². The van der Waals surface area contributed by atoms with Gasteiger partial charge in [0.15, 0.2) is 0 Å². The molecule has 0 aliphatic heterocycles. The van der Waals surface area contributed by atoms with Crippen LogP contribution in [0.1, 0.15) is 38.0 Å². The monoisotopic (exact) mass is 292 g/mol. The zero-order valence-electron chi connectivity index (χ0n) is 12.6. The first-order valence-electron chi connectivity index (χ1n) is 6.66. The third kappa shape index (κ3) is 3.95. The summed E-state index contributed by atoms with van der Waals surface area (Å²) in [6.07, 6.45) is 1.25. The SMILES string of the molecule is Cc1ccnc2c([C@H](O)CNC(C)(C)C)cccc12.S. The molecule has 2 aromatic rings. The maximum absolute atomic E-state index is 10.4. The van der Waals surface area contributed by atoms with Gasteiger partial charge in [-0.3, -0.25) is 4.98 Å². The molecule has 3 nitrogen and oxygen atoms in total. The summed E-state index contributed by atoms with van der Waals surface area (Å²) in [6.45, 7) is 8.85. The molecule has 0 radical (unpaired) electrons. The topological polar surface area (TPSA) is 45.2 Å². The number of hydrogen-bond acceptors (Lipinski definition) is 3. The van der Waals surface area contributed by atoms with E-state index in [1.807, 2.05) is 24.3 Å². The summed E-state index contributed by atoms with van der Waals surface area (Å²) >= 11 is 0. The molecule has 0 amide bonds. The van der Waals surface area contributed by atoms with Crippen molar-refractivity contribution in [3.63, 3.8) is 0 Å². The summed E-state index contributed by atoms with van der Waals surface area (Å²) in [5, 5.41) is 14.8. The molecular weight excluding hydrogens is 268 g/mol. The largest absolute Gasteiger partial charge is 0.387 e. The number of rotatable bonds is 3. The minimum atomic E-state index is -0.544. The first-order valence-corrected chi connectivity index (χ1v) is 6.66. The predicted octanol–water partition coefficient (Wildman–Crippen LogP) is 3.08. The van der Waals surface area contributed by atoms with E-state index in [0.717, 1.165) is 16.5 Å². The van der Waals surface area contributed by atoms with Crippen LogP contribution in [0.5, 0.6) is 0 Å². The van der Waals surface area contributed by atoms with Gasteiger partial charge in [-0.25, -0.2) is 0 Å². The van der Waals surface area contributed by atoms with Crippen molar-refractivity contribution in [3.05, 3.63) is 41.6 Å². The number of aromatic nitrogens is 1. The van der Waals surface area contributed by atoms with Crippen LogP contribution in [-0.4, -0.2) is 22.2 Å². The number of nitrogens with one attached hydrogen (secondary N) is 1. The number of aliphatic hydroxyl groups is 1. The molecule has 2 N–H and O–H groups in total. The van der Waals surface area contributed by atoms with Crippen molar-refractivity contribution in [3.8, 4) is 0 Å². The molecule has 0 aliphatic carbocycles. The van der Waals surface area contributed by atoms with Gasteiger partial charge in [0.2, 0.25) is 0 Å². The highest BCUT2D eigenvalue weighted by Gasteiger charge is 2.16. The lowest BCUT2D eigenvalue weighted by Gasteiger charge is -2.23. The van der Waals surface area contributed by atoms with Gasteiger partial charge in [0.25, 0.3) is 0 Å². The van der Waals surface area contributed by atoms with Gasteiger partial charge in [-0.05, 0) is 39.3 Å². The Morgan fingerprint density at radius 2 is 1.95 bits per heavy atom. The van der Waals surface area contributed by atoms with Crippen LogP contribution < -0.4 is 5.32 Å². The lowest BCUT2D eigenvalue weighted by atomic mass is 10.0. The van der Waals surface area contributed by atoms with Crippen LogP contribution in [0.25, 0.3) is 10.9 Å². The van der Waals surface area contributed by atoms with E-state index in [1.165, 1.54) is 5.56 Å². The number of hydrogen-bond donors (Lipinski definition) is 2. The fourth-order valence-electron chi connectivity index (χ4n) is 2.12. The van der Waals surface area contributed by atoms with Crippen molar-refractivity contribution in [1.29, 1.82) is 0 Å². The maximum Gasteiger partial charge on any atom is 0.0935 e. The molecule has 0 saturated carbocycles. The summed E-state index contributed by atoms with van der Waals surface area (Å²) < 4.78 is 0. The Bertz CT molecular complexity index is 578. The molecule has 0 saturated heterocycles.